The van der Waals surface area contributed by atoms with Gasteiger partial charge in [-0.15, -0.1) is 17.0 Å². The van der Waals surface area contributed by atoms with Gasteiger partial charge in [0.25, 0.3) is 5.69 Å². The Morgan fingerprint density at radius 1 is 1.23 bits per heavy atom. The lowest BCUT2D eigenvalue weighted by Gasteiger charge is -2.09. The summed E-state index contributed by atoms with van der Waals surface area (Å²) in [6, 6.07) is 5.93. The molecule has 26 heavy (non-hydrogen) atoms. The molecule has 0 aliphatic rings. The van der Waals surface area contributed by atoms with E-state index in [2.05, 4.69) is 20.3 Å². The zero-order valence-electron chi connectivity index (χ0n) is 13.4. The van der Waals surface area contributed by atoms with Gasteiger partial charge in [0.05, 0.1) is 35.0 Å². The molecule has 10 nitrogen and oxygen atoms in total. The van der Waals surface area contributed by atoms with Crippen LogP contribution < -0.4 is 21.2 Å². The van der Waals surface area contributed by atoms with E-state index in [1.807, 2.05) is 0 Å². The largest absolute Gasteiger partial charge is 0.481 e. The number of nitro groups is 1. The van der Waals surface area contributed by atoms with E-state index in [1.165, 1.54) is 19.2 Å². The average Bonchev–Trinajstić information content (AvgIpc) is 2.61. The van der Waals surface area contributed by atoms with Crippen molar-refractivity contribution in [1.29, 1.82) is 0 Å². The van der Waals surface area contributed by atoms with Gasteiger partial charge < -0.3 is 20.0 Å². The first kappa shape index (κ1) is 19.1. The highest BCUT2D eigenvalue weighted by molar-refractivity contribution is 8.93. The van der Waals surface area contributed by atoms with Crippen molar-refractivity contribution in [3.8, 4) is 5.88 Å². The summed E-state index contributed by atoms with van der Waals surface area (Å²) in [7, 11) is 1.50. The molecule has 0 aliphatic heterocycles. The number of nitrogens with zero attached hydrogens (tertiary/aromatic N) is 2. The smallest absolute Gasteiger partial charge is 0.314 e. The van der Waals surface area contributed by atoms with Crippen LogP contribution in [0.3, 0.4) is 0 Å². The number of nitro benzene ring substituents is 1. The molecule has 136 valence electrons. The number of H-pyrrole nitrogens is 2. The first-order valence-corrected chi connectivity index (χ1v) is 7.15. The van der Waals surface area contributed by atoms with Gasteiger partial charge in [0.1, 0.15) is 0 Å². The molecule has 0 bridgehead atoms. The molecule has 1 aromatic carbocycles. The van der Waals surface area contributed by atoms with Gasteiger partial charge in [-0.3, -0.25) is 19.7 Å². The standard InChI is InChI=1S/C15H13N5O5.BrH/c1-25-12-3-2-9(7-17-12)16-6-8-4-10(20(23)24)5-11-13(8)19-15(22)14(21)18-11;/h2-5,7,16H,6H2,1H3,(H,18,21)(H,19,22);1H. The number of fused-ring (bicyclic) bond motifs is 1. The Labute approximate surface area is 156 Å². The van der Waals surface area contributed by atoms with Crippen LogP contribution in [0.2, 0.25) is 0 Å². The molecule has 0 spiro atoms. The molecular formula is C15H14BrN5O5. The first-order valence-electron chi connectivity index (χ1n) is 7.15. The van der Waals surface area contributed by atoms with E-state index in [4.69, 9.17) is 4.74 Å². The maximum absolute atomic E-state index is 11.6. The number of hydrogen-bond donors (Lipinski definition) is 3. The van der Waals surface area contributed by atoms with Crippen molar-refractivity contribution in [2.75, 3.05) is 12.4 Å². The Bertz CT molecular complexity index is 1060. The van der Waals surface area contributed by atoms with E-state index in [9.17, 15) is 19.7 Å². The lowest BCUT2D eigenvalue weighted by Crippen LogP contribution is -2.29. The number of nitrogens with one attached hydrogen (secondary N) is 3. The van der Waals surface area contributed by atoms with Crippen LogP contribution in [0.25, 0.3) is 11.0 Å². The van der Waals surface area contributed by atoms with Crippen molar-refractivity contribution in [2.45, 2.75) is 6.54 Å². The maximum atomic E-state index is 11.6. The van der Waals surface area contributed by atoms with Crippen LogP contribution in [0, 0.1) is 10.1 Å². The number of anilines is 1. The number of pyridine rings is 1. The topological polar surface area (TPSA) is 143 Å². The van der Waals surface area contributed by atoms with Crippen LogP contribution in [0.15, 0.2) is 40.1 Å². The fourth-order valence-electron chi connectivity index (χ4n) is 2.33. The van der Waals surface area contributed by atoms with Crippen molar-refractivity contribution in [3.63, 3.8) is 0 Å². The Morgan fingerprint density at radius 2 is 1.96 bits per heavy atom. The summed E-state index contributed by atoms with van der Waals surface area (Å²) in [4.78, 5) is 42.4. The van der Waals surface area contributed by atoms with E-state index in [1.54, 1.807) is 18.3 Å². The second-order valence-corrected chi connectivity index (χ2v) is 5.14. The van der Waals surface area contributed by atoms with E-state index < -0.39 is 16.0 Å². The monoisotopic (exact) mass is 423 g/mol. The Hall–Kier alpha value is -3.21. The normalized spacial score (nSPS) is 10.2. The third-order valence-electron chi connectivity index (χ3n) is 3.54. The number of aromatic amines is 2. The number of aromatic nitrogens is 3. The number of halogens is 1. The van der Waals surface area contributed by atoms with Crippen molar-refractivity contribution in [2.24, 2.45) is 0 Å². The molecule has 0 atom stereocenters. The summed E-state index contributed by atoms with van der Waals surface area (Å²) >= 11 is 0. The van der Waals surface area contributed by atoms with Gasteiger partial charge in [0.15, 0.2) is 0 Å². The molecule has 0 amide bonds. The predicted molar refractivity (Wildman–Crippen MR) is 100 cm³/mol. The Kier molecular flexibility index (Phi) is 5.72. The van der Waals surface area contributed by atoms with Crippen molar-refractivity contribution in [3.05, 3.63) is 66.8 Å². The van der Waals surface area contributed by atoms with Gasteiger partial charge >= 0.3 is 11.1 Å². The van der Waals surface area contributed by atoms with Gasteiger partial charge in [-0.1, -0.05) is 0 Å². The molecule has 3 rings (SSSR count). The molecule has 2 aromatic heterocycles. The zero-order chi connectivity index (χ0) is 18.0. The summed E-state index contributed by atoms with van der Waals surface area (Å²) < 4.78 is 4.97. The molecule has 0 radical (unpaired) electrons. The summed E-state index contributed by atoms with van der Waals surface area (Å²) in [6.07, 6.45) is 1.54. The molecule has 3 aromatic rings. The maximum Gasteiger partial charge on any atom is 0.314 e. The second-order valence-electron chi connectivity index (χ2n) is 5.14. The molecule has 0 fully saturated rings. The fraction of sp³-hybridized carbons (Fsp3) is 0.133. The summed E-state index contributed by atoms with van der Waals surface area (Å²) in [6.45, 7) is 0.175. The molecule has 0 saturated heterocycles. The fourth-order valence-corrected chi connectivity index (χ4v) is 2.33. The number of ether oxygens (including phenoxy) is 1. The number of non-ortho nitro benzene ring substituents is 1. The first-order chi connectivity index (χ1) is 12.0. The van der Waals surface area contributed by atoms with Gasteiger partial charge in [0, 0.05) is 30.3 Å². The second kappa shape index (κ2) is 7.78. The van der Waals surface area contributed by atoms with E-state index >= 15 is 0 Å². The zero-order valence-corrected chi connectivity index (χ0v) is 15.2. The van der Waals surface area contributed by atoms with Gasteiger partial charge in [-0.05, 0) is 6.07 Å². The molecule has 0 unspecified atom stereocenters. The van der Waals surface area contributed by atoms with Crippen LogP contribution in [0.4, 0.5) is 11.4 Å². The molecule has 3 N–H and O–H groups in total. The van der Waals surface area contributed by atoms with Crippen LogP contribution >= 0.6 is 17.0 Å². The minimum absolute atomic E-state index is 0. The highest BCUT2D eigenvalue weighted by atomic mass is 79.9. The minimum atomic E-state index is -0.869. The third kappa shape index (κ3) is 3.88. The van der Waals surface area contributed by atoms with Crippen LogP contribution in [0.5, 0.6) is 5.88 Å². The number of rotatable bonds is 5. The quantitative estimate of drug-likeness (QED) is 0.322. The predicted octanol–water partition coefficient (Wildman–Crippen LogP) is 1.72. The lowest BCUT2D eigenvalue weighted by molar-refractivity contribution is -0.384. The Morgan fingerprint density at radius 3 is 2.58 bits per heavy atom. The lowest BCUT2D eigenvalue weighted by atomic mass is 10.1. The van der Waals surface area contributed by atoms with Crippen molar-refractivity contribution >= 4 is 39.4 Å². The summed E-state index contributed by atoms with van der Waals surface area (Å²) in [5.74, 6) is 0.452. The van der Waals surface area contributed by atoms with Gasteiger partial charge in [-0.2, -0.15) is 0 Å². The molecule has 11 heteroatoms. The van der Waals surface area contributed by atoms with E-state index in [-0.39, 0.29) is 34.7 Å². The number of methoxy groups -OCH3 is 1. The molecule has 2 heterocycles. The highest BCUT2D eigenvalue weighted by Gasteiger charge is 2.14. The highest BCUT2D eigenvalue weighted by Crippen LogP contribution is 2.22. The van der Waals surface area contributed by atoms with Gasteiger partial charge in [0.2, 0.25) is 5.88 Å². The average molecular weight is 424 g/mol. The van der Waals surface area contributed by atoms with Crippen LogP contribution in [-0.4, -0.2) is 27.0 Å². The van der Waals surface area contributed by atoms with Crippen LogP contribution in [-0.2, 0) is 6.54 Å². The van der Waals surface area contributed by atoms with Gasteiger partial charge in [-0.25, -0.2) is 4.98 Å². The Balaban J connectivity index is 0.00000243. The van der Waals surface area contributed by atoms with Crippen LogP contribution in [0.1, 0.15) is 5.56 Å². The van der Waals surface area contributed by atoms with E-state index in [0.717, 1.165) is 0 Å². The third-order valence-corrected chi connectivity index (χ3v) is 3.54. The minimum Gasteiger partial charge on any atom is -0.481 e. The molecule has 0 saturated carbocycles. The van der Waals surface area contributed by atoms with Crippen molar-refractivity contribution in [1.82, 2.24) is 15.0 Å². The van der Waals surface area contributed by atoms with E-state index in [0.29, 0.717) is 22.6 Å². The summed E-state index contributed by atoms with van der Waals surface area (Å²) in [5.41, 5.74) is -0.270. The molecular weight excluding hydrogens is 410 g/mol. The summed E-state index contributed by atoms with van der Waals surface area (Å²) in [5, 5.41) is 14.1. The SMILES string of the molecule is Br.COc1ccc(NCc2cc([N+](=O)[O-])cc3[nH]c(=O)c(=O)[nH]c23)cn1. The number of benzene rings is 1. The van der Waals surface area contributed by atoms with Crippen molar-refractivity contribution < 1.29 is 9.66 Å². The molecule has 0 aliphatic carbocycles. The number of hydrogen-bond acceptors (Lipinski definition) is 7.